The number of hydrogen-bond donors (Lipinski definition) is 1. The summed E-state index contributed by atoms with van der Waals surface area (Å²) < 4.78 is 12.5. The predicted octanol–water partition coefficient (Wildman–Crippen LogP) is 5.57. The third kappa shape index (κ3) is 6.07. The number of nitrogens with one attached hydrogen (secondary N) is 1. The first-order valence-corrected chi connectivity index (χ1v) is 10.6. The van der Waals surface area contributed by atoms with Crippen molar-refractivity contribution in [2.45, 2.75) is 26.4 Å². The minimum Gasteiger partial charge on any atom is -0.493 e. The molecule has 28 heavy (non-hydrogen) atoms. The quantitative estimate of drug-likeness (QED) is 0.477. The van der Waals surface area contributed by atoms with E-state index in [1.807, 2.05) is 31.4 Å². The molecule has 0 saturated heterocycles. The molecule has 0 aliphatic carbocycles. The molecular formula is C21H21BrN2O3S. The van der Waals surface area contributed by atoms with Gasteiger partial charge in [-0.15, -0.1) is 0 Å². The minimum atomic E-state index is -0.272. The maximum absolute atomic E-state index is 12.7. The van der Waals surface area contributed by atoms with E-state index in [-0.39, 0.29) is 12.0 Å². The molecule has 0 unspecified atom stereocenters. The Morgan fingerprint density at radius 2 is 2.04 bits per heavy atom. The van der Waals surface area contributed by atoms with Crippen LogP contribution in [0.4, 0.5) is 5.82 Å². The molecule has 5 nitrogen and oxygen atoms in total. The molecule has 0 saturated carbocycles. The van der Waals surface area contributed by atoms with Crippen LogP contribution in [0.5, 0.6) is 11.5 Å². The zero-order valence-corrected chi connectivity index (χ0v) is 18.0. The van der Waals surface area contributed by atoms with Crippen LogP contribution in [0.2, 0.25) is 0 Å². The minimum absolute atomic E-state index is 0.00916. The molecule has 0 aliphatic heterocycles. The molecule has 1 aromatic carbocycles. The maximum Gasteiger partial charge on any atom is 0.257 e. The molecule has 1 N–H and O–H groups in total. The van der Waals surface area contributed by atoms with E-state index in [0.29, 0.717) is 29.5 Å². The Hall–Kier alpha value is -2.38. The van der Waals surface area contributed by atoms with Gasteiger partial charge in [0, 0.05) is 28.7 Å². The van der Waals surface area contributed by atoms with Crippen molar-refractivity contribution in [3.63, 3.8) is 0 Å². The summed E-state index contributed by atoms with van der Waals surface area (Å²) in [5.74, 6) is 1.40. The SMILES string of the molecule is CC(C)Oc1cc(OCCc2ccsc2)cc(C(=O)Nc2ccc(Br)cn2)c1. The Morgan fingerprint density at radius 1 is 1.21 bits per heavy atom. The van der Waals surface area contributed by atoms with Crippen molar-refractivity contribution in [2.24, 2.45) is 0 Å². The van der Waals surface area contributed by atoms with E-state index in [9.17, 15) is 4.79 Å². The number of amides is 1. The van der Waals surface area contributed by atoms with Crippen LogP contribution in [-0.4, -0.2) is 23.6 Å². The highest BCUT2D eigenvalue weighted by atomic mass is 79.9. The van der Waals surface area contributed by atoms with Crippen LogP contribution in [0.15, 0.2) is 57.8 Å². The summed E-state index contributed by atoms with van der Waals surface area (Å²) in [7, 11) is 0. The van der Waals surface area contributed by atoms with E-state index >= 15 is 0 Å². The standard InChI is InChI=1S/C21H21BrN2O3S/c1-14(2)27-19-10-16(21(25)24-20-4-3-17(22)12-23-20)9-18(11-19)26-7-5-15-6-8-28-13-15/h3-4,6,8-14H,5,7H2,1-2H3,(H,23,24,25). The Labute approximate surface area is 176 Å². The van der Waals surface area contributed by atoms with Crippen molar-refractivity contribution in [3.05, 3.63) is 69.0 Å². The van der Waals surface area contributed by atoms with E-state index in [2.05, 4.69) is 37.7 Å². The highest BCUT2D eigenvalue weighted by Crippen LogP contribution is 2.25. The van der Waals surface area contributed by atoms with Gasteiger partial charge in [-0.25, -0.2) is 4.98 Å². The van der Waals surface area contributed by atoms with Gasteiger partial charge < -0.3 is 14.8 Å². The Kier molecular flexibility index (Phi) is 7.06. The fourth-order valence-electron chi connectivity index (χ4n) is 2.49. The molecule has 146 valence electrons. The fourth-order valence-corrected chi connectivity index (χ4v) is 3.42. The lowest BCUT2D eigenvalue weighted by Crippen LogP contribution is -2.14. The largest absolute Gasteiger partial charge is 0.493 e. The van der Waals surface area contributed by atoms with Gasteiger partial charge in [-0.2, -0.15) is 11.3 Å². The lowest BCUT2D eigenvalue weighted by molar-refractivity contribution is 0.102. The van der Waals surface area contributed by atoms with Crippen molar-refractivity contribution >= 4 is 39.0 Å². The lowest BCUT2D eigenvalue weighted by atomic mass is 10.2. The number of carbonyl (C=O) groups excluding carboxylic acids is 1. The zero-order chi connectivity index (χ0) is 19.9. The highest BCUT2D eigenvalue weighted by molar-refractivity contribution is 9.10. The van der Waals surface area contributed by atoms with Crippen molar-refractivity contribution in [3.8, 4) is 11.5 Å². The zero-order valence-electron chi connectivity index (χ0n) is 15.6. The summed E-state index contributed by atoms with van der Waals surface area (Å²) in [6.07, 6.45) is 2.43. The first-order chi connectivity index (χ1) is 13.5. The summed E-state index contributed by atoms with van der Waals surface area (Å²) in [5, 5.41) is 6.94. The average Bonchev–Trinajstić information content (AvgIpc) is 3.16. The van der Waals surface area contributed by atoms with Gasteiger partial charge in [0.25, 0.3) is 5.91 Å². The van der Waals surface area contributed by atoms with Crippen LogP contribution in [0.3, 0.4) is 0 Å². The van der Waals surface area contributed by atoms with Crippen LogP contribution in [-0.2, 0) is 6.42 Å². The van der Waals surface area contributed by atoms with Crippen LogP contribution in [0.25, 0.3) is 0 Å². The van der Waals surface area contributed by atoms with E-state index in [1.54, 1.807) is 35.7 Å². The molecule has 0 radical (unpaired) electrons. The van der Waals surface area contributed by atoms with E-state index in [0.717, 1.165) is 10.9 Å². The van der Waals surface area contributed by atoms with Gasteiger partial charge in [0.2, 0.25) is 0 Å². The normalized spacial score (nSPS) is 10.7. The predicted molar refractivity (Wildman–Crippen MR) is 116 cm³/mol. The van der Waals surface area contributed by atoms with Gasteiger partial charge >= 0.3 is 0 Å². The van der Waals surface area contributed by atoms with Gasteiger partial charge in [0.05, 0.1) is 12.7 Å². The molecule has 0 atom stereocenters. The number of hydrogen-bond acceptors (Lipinski definition) is 5. The van der Waals surface area contributed by atoms with Crippen molar-refractivity contribution in [1.29, 1.82) is 0 Å². The number of pyridine rings is 1. The van der Waals surface area contributed by atoms with Crippen molar-refractivity contribution < 1.29 is 14.3 Å². The molecule has 3 rings (SSSR count). The molecule has 0 aliphatic rings. The highest BCUT2D eigenvalue weighted by Gasteiger charge is 2.12. The molecule has 2 heterocycles. The van der Waals surface area contributed by atoms with Gasteiger partial charge in [0.1, 0.15) is 17.3 Å². The van der Waals surface area contributed by atoms with Gasteiger partial charge in [-0.3, -0.25) is 4.79 Å². The fraction of sp³-hybridized carbons (Fsp3) is 0.238. The van der Waals surface area contributed by atoms with Gasteiger partial charge in [-0.1, -0.05) is 0 Å². The number of rotatable bonds is 8. The summed E-state index contributed by atoms with van der Waals surface area (Å²) in [6.45, 7) is 4.41. The topological polar surface area (TPSA) is 60.5 Å². The molecule has 7 heteroatoms. The summed E-state index contributed by atoms with van der Waals surface area (Å²) in [4.78, 5) is 16.9. The molecule has 1 amide bonds. The first-order valence-electron chi connectivity index (χ1n) is 8.88. The van der Waals surface area contributed by atoms with Crippen molar-refractivity contribution in [2.75, 3.05) is 11.9 Å². The monoisotopic (exact) mass is 460 g/mol. The summed E-state index contributed by atoms with van der Waals surface area (Å²) in [5.41, 5.74) is 1.69. The van der Waals surface area contributed by atoms with E-state index < -0.39 is 0 Å². The third-order valence-electron chi connectivity index (χ3n) is 3.72. The first kappa shape index (κ1) is 20.4. The molecule has 0 fully saturated rings. The van der Waals surface area contributed by atoms with Crippen LogP contribution >= 0.6 is 27.3 Å². The smallest absolute Gasteiger partial charge is 0.257 e. The Morgan fingerprint density at radius 3 is 2.71 bits per heavy atom. The van der Waals surface area contributed by atoms with Gasteiger partial charge in [0.15, 0.2) is 0 Å². The maximum atomic E-state index is 12.7. The second-order valence-corrected chi connectivity index (χ2v) is 8.10. The number of anilines is 1. The Bertz CT molecular complexity index is 912. The second-order valence-electron chi connectivity index (χ2n) is 6.41. The number of carbonyl (C=O) groups is 1. The molecule has 2 aromatic heterocycles. The lowest BCUT2D eigenvalue weighted by Gasteiger charge is -2.14. The Balaban J connectivity index is 1.74. The van der Waals surface area contributed by atoms with Crippen molar-refractivity contribution in [1.82, 2.24) is 4.98 Å². The van der Waals surface area contributed by atoms with Gasteiger partial charge in [-0.05, 0) is 76.4 Å². The number of halogens is 1. The van der Waals surface area contributed by atoms with Crippen LogP contribution in [0.1, 0.15) is 29.8 Å². The van der Waals surface area contributed by atoms with Crippen LogP contribution in [0, 0.1) is 0 Å². The second kappa shape index (κ2) is 9.71. The number of nitrogens with zero attached hydrogens (tertiary/aromatic N) is 1. The van der Waals surface area contributed by atoms with Crippen LogP contribution < -0.4 is 14.8 Å². The summed E-state index contributed by atoms with van der Waals surface area (Å²) in [6, 6.07) is 10.9. The van der Waals surface area contributed by atoms with E-state index in [4.69, 9.17) is 9.47 Å². The summed E-state index contributed by atoms with van der Waals surface area (Å²) >= 11 is 4.99. The number of ether oxygens (including phenoxy) is 2. The number of thiophene rings is 1. The molecule has 3 aromatic rings. The molecular weight excluding hydrogens is 440 g/mol. The third-order valence-corrected chi connectivity index (χ3v) is 4.92. The molecule has 0 spiro atoms. The average molecular weight is 461 g/mol. The molecule has 0 bridgehead atoms. The van der Waals surface area contributed by atoms with E-state index in [1.165, 1.54) is 5.56 Å². The number of benzene rings is 1. The number of aromatic nitrogens is 1.